The Hall–Kier alpha value is -1.83. The average Bonchev–Trinajstić information content (AvgIpc) is 2.54. The second-order valence-corrected chi connectivity index (χ2v) is 5.39. The molecule has 2 N–H and O–H groups in total. The van der Waals surface area contributed by atoms with Crippen LogP contribution in [0, 0.1) is 11.6 Å². The fourth-order valence-electron chi connectivity index (χ4n) is 2.47. The van der Waals surface area contributed by atoms with Gasteiger partial charge < -0.3 is 14.5 Å². The molecule has 1 aromatic rings. The molecular formula is C16H20F2N2O3. The molecular weight excluding hydrogens is 306 g/mol. The van der Waals surface area contributed by atoms with E-state index in [1.54, 1.807) is 4.90 Å². The molecule has 126 valence electrons. The first-order valence-corrected chi connectivity index (χ1v) is 7.35. The van der Waals surface area contributed by atoms with Gasteiger partial charge in [-0.05, 0) is 17.7 Å². The molecule has 2 rings (SSSR count). The normalized spacial score (nSPS) is 16.2. The highest BCUT2D eigenvalue weighted by Gasteiger charge is 2.22. The number of nitrogens with zero attached hydrogens (tertiary/aromatic N) is 1. The van der Waals surface area contributed by atoms with Gasteiger partial charge in [-0.1, -0.05) is 6.58 Å². The lowest BCUT2D eigenvalue weighted by Gasteiger charge is -2.28. The monoisotopic (exact) mass is 326 g/mol. The molecule has 0 saturated carbocycles. The van der Waals surface area contributed by atoms with Crippen molar-refractivity contribution >= 4 is 11.5 Å². The number of amides is 1. The van der Waals surface area contributed by atoms with Crippen molar-refractivity contribution in [2.75, 3.05) is 26.3 Å². The predicted octanol–water partition coefficient (Wildman–Crippen LogP) is 1.88. The topological polar surface area (TPSA) is 64.8 Å². The van der Waals surface area contributed by atoms with Crippen LogP contribution in [0.3, 0.4) is 0 Å². The van der Waals surface area contributed by atoms with Crippen LogP contribution in [-0.2, 0) is 14.4 Å². The highest BCUT2D eigenvalue weighted by atomic mass is 19.1. The van der Waals surface area contributed by atoms with E-state index in [1.165, 1.54) is 6.07 Å². The molecule has 1 atom stereocenters. The van der Waals surface area contributed by atoms with Crippen molar-refractivity contribution in [3.8, 4) is 0 Å². The third-order valence-electron chi connectivity index (χ3n) is 3.74. The molecule has 1 aromatic carbocycles. The van der Waals surface area contributed by atoms with E-state index in [0.717, 1.165) is 12.1 Å². The molecule has 1 heterocycles. The van der Waals surface area contributed by atoms with Crippen LogP contribution < -0.4 is 5.90 Å². The van der Waals surface area contributed by atoms with Gasteiger partial charge in [0.25, 0.3) is 0 Å². The minimum atomic E-state index is -0.703. The Morgan fingerprint density at radius 3 is 2.65 bits per heavy atom. The van der Waals surface area contributed by atoms with Crippen LogP contribution in [0.2, 0.25) is 0 Å². The zero-order valence-corrected chi connectivity index (χ0v) is 12.8. The molecule has 7 heteroatoms. The van der Waals surface area contributed by atoms with Gasteiger partial charge in [0, 0.05) is 31.1 Å². The van der Waals surface area contributed by atoms with Gasteiger partial charge in [0.15, 0.2) is 0 Å². The van der Waals surface area contributed by atoms with E-state index in [2.05, 4.69) is 6.58 Å². The van der Waals surface area contributed by atoms with E-state index >= 15 is 0 Å². The fraction of sp³-hybridized carbons (Fsp3) is 0.438. The Morgan fingerprint density at radius 2 is 2.04 bits per heavy atom. The molecule has 1 saturated heterocycles. The minimum absolute atomic E-state index is 0.0678. The summed E-state index contributed by atoms with van der Waals surface area (Å²) in [6.45, 7) is 5.86. The lowest BCUT2D eigenvalue weighted by atomic mass is 9.99. The summed E-state index contributed by atoms with van der Waals surface area (Å²) < 4.78 is 31.9. The van der Waals surface area contributed by atoms with Gasteiger partial charge in [-0.3, -0.25) is 4.79 Å². The second kappa shape index (κ2) is 8.14. The third-order valence-corrected chi connectivity index (χ3v) is 3.74. The van der Waals surface area contributed by atoms with Gasteiger partial charge in [0.1, 0.15) is 11.6 Å². The third kappa shape index (κ3) is 4.82. The number of carbonyl (C=O) groups is 1. The summed E-state index contributed by atoms with van der Waals surface area (Å²) in [6.07, 6.45) is -0.379. The number of carbonyl (C=O) groups excluding carboxylic acids is 1. The van der Waals surface area contributed by atoms with Gasteiger partial charge in [0.05, 0.1) is 25.7 Å². The van der Waals surface area contributed by atoms with Gasteiger partial charge >= 0.3 is 0 Å². The lowest BCUT2D eigenvalue weighted by Crippen LogP contribution is -2.42. The number of halogens is 2. The smallest absolute Gasteiger partial charge is 0.225 e. The maximum Gasteiger partial charge on any atom is 0.225 e. The maximum atomic E-state index is 13.7. The van der Waals surface area contributed by atoms with Gasteiger partial charge in [-0.15, -0.1) is 0 Å². The van der Waals surface area contributed by atoms with Crippen molar-refractivity contribution < 1.29 is 23.1 Å². The molecule has 5 nitrogen and oxygen atoms in total. The van der Waals surface area contributed by atoms with Gasteiger partial charge in [0.2, 0.25) is 5.91 Å². The lowest BCUT2D eigenvalue weighted by molar-refractivity contribution is -0.138. The first kappa shape index (κ1) is 17.5. The average molecular weight is 326 g/mol. The number of morpholine rings is 1. The van der Waals surface area contributed by atoms with Crippen molar-refractivity contribution in [1.82, 2.24) is 4.90 Å². The van der Waals surface area contributed by atoms with E-state index in [1.807, 2.05) is 0 Å². The van der Waals surface area contributed by atoms with Crippen LogP contribution in [0.4, 0.5) is 8.78 Å². The molecule has 1 aliphatic rings. The number of nitrogens with two attached hydrogens (primary N) is 1. The number of hydrogen-bond donors (Lipinski definition) is 1. The molecule has 1 amide bonds. The summed E-state index contributed by atoms with van der Waals surface area (Å²) in [6, 6.07) is 3.25. The number of rotatable bonds is 6. The Balaban J connectivity index is 1.95. The molecule has 23 heavy (non-hydrogen) atoms. The van der Waals surface area contributed by atoms with Crippen molar-refractivity contribution in [3.05, 3.63) is 42.0 Å². The molecule has 0 aliphatic carbocycles. The largest absolute Gasteiger partial charge is 0.378 e. The van der Waals surface area contributed by atoms with E-state index in [4.69, 9.17) is 15.5 Å². The Labute approximate surface area is 133 Å². The van der Waals surface area contributed by atoms with Crippen LogP contribution >= 0.6 is 0 Å². The molecule has 0 radical (unpaired) electrons. The van der Waals surface area contributed by atoms with Gasteiger partial charge in [-0.25, -0.2) is 14.7 Å². The van der Waals surface area contributed by atoms with E-state index < -0.39 is 17.7 Å². The predicted molar refractivity (Wildman–Crippen MR) is 81.1 cm³/mol. The van der Waals surface area contributed by atoms with Crippen molar-refractivity contribution in [2.24, 2.45) is 5.90 Å². The highest BCUT2D eigenvalue weighted by molar-refractivity contribution is 5.77. The van der Waals surface area contributed by atoms with E-state index in [0.29, 0.717) is 31.9 Å². The summed E-state index contributed by atoms with van der Waals surface area (Å²) in [5, 5.41) is 0. The summed E-state index contributed by atoms with van der Waals surface area (Å²) >= 11 is 0. The first-order chi connectivity index (χ1) is 11.0. The zero-order chi connectivity index (χ0) is 16.8. The molecule has 1 fully saturated rings. The molecule has 0 unspecified atom stereocenters. The standard InChI is InChI=1S/C16H20F2N2O3/c1-11(14-3-2-12(17)9-15(14)18)8-13(23-19)10-16(21)20-4-6-22-7-5-20/h2-3,9,13H,1,4-8,10,19H2/t13-/m1/s1. The molecule has 0 bridgehead atoms. The van der Waals surface area contributed by atoms with Crippen LogP contribution in [0.25, 0.3) is 5.57 Å². The summed E-state index contributed by atoms with van der Waals surface area (Å²) in [5.74, 6) is 3.79. The van der Waals surface area contributed by atoms with Crippen molar-refractivity contribution in [2.45, 2.75) is 18.9 Å². The molecule has 0 spiro atoms. The number of hydrogen-bond acceptors (Lipinski definition) is 4. The minimum Gasteiger partial charge on any atom is -0.378 e. The Bertz CT molecular complexity index is 574. The number of benzene rings is 1. The van der Waals surface area contributed by atoms with Crippen LogP contribution in [0.15, 0.2) is 24.8 Å². The van der Waals surface area contributed by atoms with E-state index in [9.17, 15) is 13.6 Å². The molecule has 1 aliphatic heterocycles. The molecule has 0 aromatic heterocycles. The highest BCUT2D eigenvalue weighted by Crippen LogP contribution is 2.24. The maximum absolute atomic E-state index is 13.7. The van der Waals surface area contributed by atoms with Crippen molar-refractivity contribution in [1.29, 1.82) is 0 Å². The summed E-state index contributed by atoms with van der Waals surface area (Å²) in [4.78, 5) is 18.7. The second-order valence-electron chi connectivity index (χ2n) is 5.39. The van der Waals surface area contributed by atoms with Crippen molar-refractivity contribution in [3.63, 3.8) is 0 Å². The summed E-state index contributed by atoms with van der Waals surface area (Å²) in [7, 11) is 0. The Morgan fingerprint density at radius 1 is 1.35 bits per heavy atom. The zero-order valence-electron chi connectivity index (χ0n) is 12.8. The fourth-order valence-corrected chi connectivity index (χ4v) is 2.47. The van der Waals surface area contributed by atoms with Crippen LogP contribution in [-0.4, -0.2) is 43.2 Å². The quantitative estimate of drug-likeness (QED) is 0.811. The van der Waals surface area contributed by atoms with E-state index in [-0.39, 0.29) is 24.3 Å². The first-order valence-electron chi connectivity index (χ1n) is 7.35. The number of ether oxygens (including phenoxy) is 1. The SMILES string of the molecule is C=C(C[C@H](CC(=O)N1CCOCC1)ON)c1ccc(F)cc1F. The van der Waals surface area contributed by atoms with Crippen LogP contribution in [0.5, 0.6) is 0 Å². The van der Waals surface area contributed by atoms with Gasteiger partial charge in [-0.2, -0.15) is 0 Å². The van der Waals surface area contributed by atoms with Crippen LogP contribution in [0.1, 0.15) is 18.4 Å². The summed E-state index contributed by atoms with van der Waals surface area (Å²) in [5.41, 5.74) is 0.583. The Kier molecular flexibility index (Phi) is 6.20.